The van der Waals surface area contributed by atoms with Crippen molar-refractivity contribution < 1.29 is 23.9 Å². The number of rotatable bonds is 8. The van der Waals surface area contributed by atoms with Gasteiger partial charge in [0.2, 0.25) is 11.8 Å². The number of nitrogens with two attached hydrogens (primary N) is 1. The number of fused-ring (bicyclic) bond motifs is 1. The SMILES string of the molecule is NCCCOC1CCC(NCc2ccc3c(c2)C(=O)N(C2CCC(=O)NC2=O)C3=O)CC1. The van der Waals surface area contributed by atoms with Crippen LogP contribution < -0.4 is 16.4 Å². The first kappa shape index (κ1) is 22.6. The zero-order valence-electron chi connectivity index (χ0n) is 18.1. The highest BCUT2D eigenvalue weighted by Crippen LogP contribution is 2.28. The van der Waals surface area contributed by atoms with E-state index in [1.54, 1.807) is 12.1 Å². The zero-order valence-corrected chi connectivity index (χ0v) is 18.1. The molecule has 9 nitrogen and oxygen atoms in total. The summed E-state index contributed by atoms with van der Waals surface area (Å²) in [4.78, 5) is 50.3. The van der Waals surface area contributed by atoms with E-state index in [2.05, 4.69) is 10.6 Å². The molecule has 4 amide bonds. The number of carbonyl (C=O) groups excluding carboxylic acids is 4. The third-order valence-electron chi connectivity index (χ3n) is 6.48. The van der Waals surface area contributed by atoms with E-state index in [-0.39, 0.29) is 18.7 Å². The van der Waals surface area contributed by atoms with Crippen LogP contribution in [-0.4, -0.2) is 59.9 Å². The number of imide groups is 2. The lowest BCUT2D eigenvalue weighted by Crippen LogP contribution is -2.54. The summed E-state index contributed by atoms with van der Waals surface area (Å²) >= 11 is 0. The lowest BCUT2D eigenvalue weighted by Gasteiger charge is -2.29. The van der Waals surface area contributed by atoms with Crippen LogP contribution in [0.15, 0.2) is 18.2 Å². The van der Waals surface area contributed by atoms with Crippen molar-refractivity contribution in [2.45, 2.75) is 69.7 Å². The molecule has 1 aromatic carbocycles. The van der Waals surface area contributed by atoms with Crippen LogP contribution in [0.5, 0.6) is 0 Å². The maximum atomic E-state index is 12.9. The third-order valence-corrected chi connectivity index (χ3v) is 6.48. The van der Waals surface area contributed by atoms with E-state index >= 15 is 0 Å². The summed E-state index contributed by atoms with van der Waals surface area (Å²) in [7, 11) is 0. The Morgan fingerprint density at radius 2 is 1.78 bits per heavy atom. The Hall–Kier alpha value is -2.62. The molecule has 32 heavy (non-hydrogen) atoms. The highest BCUT2D eigenvalue weighted by Gasteiger charge is 2.44. The fourth-order valence-electron chi connectivity index (χ4n) is 4.66. The van der Waals surface area contributed by atoms with Crippen LogP contribution >= 0.6 is 0 Å². The molecule has 0 aromatic heterocycles. The van der Waals surface area contributed by atoms with Gasteiger partial charge in [-0.3, -0.25) is 29.4 Å². The minimum atomic E-state index is -0.941. The summed E-state index contributed by atoms with van der Waals surface area (Å²) in [5.74, 6) is -1.93. The summed E-state index contributed by atoms with van der Waals surface area (Å²) in [6.45, 7) is 1.96. The number of hydrogen-bond donors (Lipinski definition) is 3. The van der Waals surface area contributed by atoms with Crippen LogP contribution in [0.2, 0.25) is 0 Å². The maximum absolute atomic E-state index is 12.9. The highest BCUT2D eigenvalue weighted by molar-refractivity contribution is 6.23. The van der Waals surface area contributed by atoms with Crippen LogP contribution in [0.3, 0.4) is 0 Å². The van der Waals surface area contributed by atoms with Crippen molar-refractivity contribution in [1.29, 1.82) is 0 Å². The molecule has 3 aliphatic rings. The molecule has 1 aromatic rings. The lowest BCUT2D eigenvalue weighted by molar-refractivity contribution is -0.136. The van der Waals surface area contributed by atoms with Gasteiger partial charge in [0.15, 0.2) is 0 Å². The smallest absolute Gasteiger partial charge is 0.262 e. The molecule has 172 valence electrons. The van der Waals surface area contributed by atoms with Gasteiger partial charge in [0.05, 0.1) is 17.2 Å². The number of amides is 4. The van der Waals surface area contributed by atoms with E-state index in [4.69, 9.17) is 10.5 Å². The van der Waals surface area contributed by atoms with Gasteiger partial charge < -0.3 is 15.8 Å². The average Bonchev–Trinajstić information content (AvgIpc) is 3.03. The van der Waals surface area contributed by atoms with E-state index in [0.717, 1.165) is 49.2 Å². The van der Waals surface area contributed by atoms with E-state index in [1.807, 2.05) is 6.07 Å². The number of piperidine rings is 1. The second kappa shape index (κ2) is 9.89. The first-order chi connectivity index (χ1) is 15.5. The van der Waals surface area contributed by atoms with Crippen molar-refractivity contribution in [3.8, 4) is 0 Å². The summed E-state index contributed by atoms with van der Waals surface area (Å²) in [6, 6.07) is 4.67. The van der Waals surface area contributed by atoms with Gasteiger partial charge in [-0.15, -0.1) is 0 Å². The molecule has 0 bridgehead atoms. The molecule has 0 radical (unpaired) electrons. The fraction of sp³-hybridized carbons (Fsp3) is 0.565. The van der Waals surface area contributed by atoms with Crippen LogP contribution in [-0.2, 0) is 20.9 Å². The van der Waals surface area contributed by atoms with E-state index in [0.29, 0.717) is 36.4 Å². The molecule has 1 aliphatic carbocycles. The largest absolute Gasteiger partial charge is 0.378 e. The molecular formula is C23H30N4O5. The summed E-state index contributed by atoms with van der Waals surface area (Å²) in [5, 5.41) is 5.75. The molecule has 1 saturated heterocycles. The zero-order chi connectivity index (χ0) is 22.7. The Labute approximate surface area is 187 Å². The quantitative estimate of drug-likeness (QED) is 0.402. The minimum Gasteiger partial charge on any atom is -0.378 e. The van der Waals surface area contributed by atoms with Crippen LogP contribution in [0.25, 0.3) is 0 Å². The molecule has 1 unspecified atom stereocenters. The van der Waals surface area contributed by atoms with Gasteiger partial charge in [0.25, 0.3) is 11.8 Å². The number of benzene rings is 1. The summed E-state index contributed by atoms with van der Waals surface area (Å²) in [6.07, 6.45) is 5.54. The van der Waals surface area contributed by atoms with Crippen LogP contribution in [0.4, 0.5) is 0 Å². The standard InChI is InChI=1S/C23H30N4O5/c24-10-1-11-32-16-5-3-15(4-6-16)25-13-14-2-7-17-18(12-14)23(31)27(22(17)30)19-8-9-20(28)26-21(19)29/h2,7,12,15-16,19,25H,1,3-6,8-11,13,24H2,(H,26,28,29). The Kier molecular flexibility index (Phi) is 6.98. The number of nitrogens with zero attached hydrogens (tertiary/aromatic N) is 1. The Bertz CT molecular complexity index is 910. The number of carbonyl (C=O) groups is 4. The van der Waals surface area contributed by atoms with Gasteiger partial charge >= 0.3 is 0 Å². The van der Waals surface area contributed by atoms with Crippen molar-refractivity contribution >= 4 is 23.6 Å². The third kappa shape index (κ3) is 4.74. The molecule has 2 aliphatic heterocycles. The second-order valence-corrected chi connectivity index (χ2v) is 8.69. The Morgan fingerprint density at radius 1 is 1.03 bits per heavy atom. The molecule has 1 atom stereocenters. The number of hydrogen-bond acceptors (Lipinski definition) is 7. The lowest BCUT2D eigenvalue weighted by atomic mass is 9.92. The summed E-state index contributed by atoms with van der Waals surface area (Å²) < 4.78 is 5.85. The second-order valence-electron chi connectivity index (χ2n) is 8.69. The normalized spacial score (nSPS) is 25.8. The Morgan fingerprint density at radius 3 is 2.50 bits per heavy atom. The van der Waals surface area contributed by atoms with Crippen LogP contribution in [0.1, 0.15) is 71.2 Å². The highest BCUT2D eigenvalue weighted by atomic mass is 16.5. The number of ether oxygens (including phenoxy) is 1. The van der Waals surface area contributed by atoms with Crippen LogP contribution in [0, 0.1) is 0 Å². The number of nitrogens with one attached hydrogen (secondary N) is 2. The molecule has 2 heterocycles. The van der Waals surface area contributed by atoms with Gasteiger partial charge in [-0.1, -0.05) is 6.07 Å². The predicted molar refractivity (Wildman–Crippen MR) is 116 cm³/mol. The van der Waals surface area contributed by atoms with Gasteiger partial charge in [-0.25, -0.2) is 0 Å². The molecule has 2 fully saturated rings. The maximum Gasteiger partial charge on any atom is 0.262 e. The molecular weight excluding hydrogens is 412 g/mol. The van der Waals surface area contributed by atoms with Crippen molar-refractivity contribution in [2.24, 2.45) is 5.73 Å². The minimum absolute atomic E-state index is 0.110. The first-order valence-corrected chi connectivity index (χ1v) is 11.4. The van der Waals surface area contributed by atoms with E-state index in [1.165, 1.54) is 0 Å². The van der Waals surface area contributed by atoms with Crippen molar-refractivity contribution in [2.75, 3.05) is 13.2 Å². The van der Waals surface area contributed by atoms with Crippen molar-refractivity contribution in [3.05, 3.63) is 34.9 Å². The predicted octanol–water partition coefficient (Wildman–Crippen LogP) is 0.854. The average molecular weight is 443 g/mol. The molecule has 4 rings (SSSR count). The van der Waals surface area contributed by atoms with Gasteiger partial charge in [0.1, 0.15) is 6.04 Å². The molecule has 0 spiro atoms. The Balaban J connectivity index is 1.33. The molecule has 1 saturated carbocycles. The molecule has 9 heteroatoms. The van der Waals surface area contributed by atoms with Crippen molar-refractivity contribution in [1.82, 2.24) is 15.5 Å². The monoisotopic (exact) mass is 442 g/mol. The van der Waals surface area contributed by atoms with Gasteiger partial charge in [-0.2, -0.15) is 0 Å². The topological polar surface area (TPSA) is 131 Å². The first-order valence-electron chi connectivity index (χ1n) is 11.4. The van der Waals surface area contributed by atoms with Gasteiger partial charge in [0, 0.05) is 25.6 Å². The fourth-order valence-corrected chi connectivity index (χ4v) is 4.66. The van der Waals surface area contributed by atoms with Gasteiger partial charge in [-0.05, 0) is 62.8 Å². The molecule has 4 N–H and O–H groups in total. The van der Waals surface area contributed by atoms with Crippen molar-refractivity contribution in [3.63, 3.8) is 0 Å². The van der Waals surface area contributed by atoms with E-state index in [9.17, 15) is 19.2 Å². The van der Waals surface area contributed by atoms with E-state index < -0.39 is 23.8 Å². The summed E-state index contributed by atoms with van der Waals surface area (Å²) in [5.41, 5.74) is 7.04.